The van der Waals surface area contributed by atoms with Gasteiger partial charge in [-0.2, -0.15) is 0 Å². The van der Waals surface area contributed by atoms with E-state index >= 15 is 0 Å². The third-order valence-corrected chi connectivity index (χ3v) is 3.52. The van der Waals surface area contributed by atoms with Gasteiger partial charge >= 0.3 is 0 Å². The lowest BCUT2D eigenvalue weighted by Gasteiger charge is -2.11. The first-order valence-corrected chi connectivity index (χ1v) is 8.74. The third kappa shape index (κ3) is 6.89. The zero-order chi connectivity index (χ0) is 17.2. The number of carbonyl (C=O) groups excluding carboxylic acids is 1. The van der Waals surface area contributed by atoms with Gasteiger partial charge in [-0.1, -0.05) is 19.1 Å². The highest BCUT2D eigenvalue weighted by atomic mass is 16.5. The molecule has 2 rings (SSSR count). The van der Waals surface area contributed by atoms with E-state index in [4.69, 9.17) is 4.74 Å². The maximum absolute atomic E-state index is 11.7. The minimum Gasteiger partial charge on any atom is -0.484 e. The van der Waals surface area contributed by atoms with Gasteiger partial charge in [0.15, 0.2) is 12.6 Å². The van der Waals surface area contributed by atoms with Crippen molar-refractivity contribution < 1.29 is 9.53 Å². The van der Waals surface area contributed by atoms with Crippen LogP contribution < -0.4 is 20.7 Å². The summed E-state index contributed by atoms with van der Waals surface area (Å²) in [5.74, 6) is 1.45. The van der Waals surface area contributed by atoms with E-state index in [1.807, 2.05) is 31.2 Å². The van der Waals surface area contributed by atoms with Crippen LogP contribution in [0.15, 0.2) is 29.3 Å². The van der Waals surface area contributed by atoms with Gasteiger partial charge in [-0.25, -0.2) is 4.99 Å². The average Bonchev–Trinajstić information content (AvgIpc) is 3.40. The van der Waals surface area contributed by atoms with Crippen molar-refractivity contribution >= 4 is 11.9 Å². The van der Waals surface area contributed by atoms with E-state index in [-0.39, 0.29) is 12.5 Å². The minimum atomic E-state index is -0.0564. The molecule has 132 valence electrons. The standard InChI is InChI=1S/C18H28N4O2/c1-3-10-20-18(19-4-2)21-12-14-6-5-7-16(11-14)24-13-17(23)22-15-8-9-15/h5-7,11,15H,3-4,8-10,12-13H2,1-2H3,(H,22,23)(H2,19,20,21). The van der Waals surface area contributed by atoms with Gasteiger partial charge in [-0.15, -0.1) is 0 Å². The molecule has 1 aromatic carbocycles. The molecule has 0 saturated heterocycles. The molecule has 0 bridgehead atoms. The Labute approximate surface area is 144 Å². The van der Waals surface area contributed by atoms with Crippen molar-refractivity contribution in [3.63, 3.8) is 0 Å². The molecule has 0 aromatic heterocycles. The fourth-order valence-corrected chi connectivity index (χ4v) is 2.14. The molecule has 1 aliphatic carbocycles. The Balaban J connectivity index is 1.84. The van der Waals surface area contributed by atoms with Gasteiger partial charge in [0.1, 0.15) is 5.75 Å². The molecular weight excluding hydrogens is 304 g/mol. The molecule has 1 aliphatic rings. The number of hydrogen-bond donors (Lipinski definition) is 3. The summed E-state index contributed by atoms with van der Waals surface area (Å²) in [5.41, 5.74) is 1.05. The van der Waals surface area contributed by atoms with Crippen molar-refractivity contribution in [1.29, 1.82) is 0 Å². The van der Waals surface area contributed by atoms with Crippen molar-refractivity contribution in [2.45, 2.75) is 45.7 Å². The van der Waals surface area contributed by atoms with Crippen LogP contribution in [0.4, 0.5) is 0 Å². The largest absolute Gasteiger partial charge is 0.484 e. The summed E-state index contributed by atoms with van der Waals surface area (Å²) in [6.07, 6.45) is 3.22. The van der Waals surface area contributed by atoms with E-state index < -0.39 is 0 Å². The van der Waals surface area contributed by atoms with Gasteiger partial charge in [0, 0.05) is 19.1 Å². The molecule has 3 N–H and O–H groups in total. The zero-order valence-corrected chi connectivity index (χ0v) is 14.6. The van der Waals surface area contributed by atoms with E-state index in [1.165, 1.54) is 0 Å². The Hall–Kier alpha value is -2.24. The molecule has 0 atom stereocenters. The van der Waals surface area contributed by atoms with Crippen LogP contribution in [0.2, 0.25) is 0 Å². The van der Waals surface area contributed by atoms with Gasteiger partial charge in [0.05, 0.1) is 6.54 Å². The molecule has 1 aromatic rings. The normalized spacial score (nSPS) is 14.2. The third-order valence-electron chi connectivity index (χ3n) is 3.52. The molecular formula is C18H28N4O2. The molecule has 6 nitrogen and oxygen atoms in total. The first-order valence-electron chi connectivity index (χ1n) is 8.74. The summed E-state index contributed by atoms with van der Waals surface area (Å²) in [6, 6.07) is 8.08. The van der Waals surface area contributed by atoms with E-state index in [0.717, 1.165) is 43.9 Å². The number of aliphatic imine (C=N–C) groups is 1. The number of amides is 1. The predicted octanol–water partition coefficient (Wildman–Crippen LogP) is 1.81. The highest BCUT2D eigenvalue weighted by molar-refractivity contribution is 5.79. The van der Waals surface area contributed by atoms with E-state index in [2.05, 4.69) is 27.9 Å². The van der Waals surface area contributed by atoms with Gasteiger partial charge < -0.3 is 20.7 Å². The first-order chi connectivity index (χ1) is 11.7. The van der Waals surface area contributed by atoms with Crippen molar-refractivity contribution in [3.05, 3.63) is 29.8 Å². The lowest BCUT2D eigenvalue weighted by atomic mass is 10.2. The van der Waals surface area contributed by atoms with Crippen LogP contribution in [-0.2, 0) is 11.3 Å². The molecule has 0 unspecified atom stereocenters. The van der Waals surface area contributed by atoms with Crippen LogP contribution in [0.5, 0.6) is 5.75 Å². The Bertz CT molecular complexity index is 556. The van der Waals surface area contributed by atoms with Crippen LogP contribution in [0.3, 0.4) is 0 Å². The van der Waals surface area contributed by atoms with Gasteiger partial charge in [0.25, 0.3) is 5.91 Å². The Morgan fingerprint density at radius 3 is 2.83 bits per heavy atom. The smallest absolute Gasteiger partial charge is 0.258 e. The van der Waals surface area contributed by atoms with Crippen LogP contribution in [0.25, 0.3) is 0 Å². The number of carbonyl (C=O) groups is 1. The van der Waals surface area contributed by atoms with Gasteiger partial charge in [0.2, 0.25) is 0 Å². The summed E-state index contributed by atoms with van der Waals surface area (Å²) in [6.45, 7) is 6.51. The number of benzene rings is 1. The lowest BCUT2D eigenvalue weighted by Crippen LogP contribution is -2.37. The Kier molecular flexibility index (Phi) is 7.39. The topological polar surface area (TPSA) is 74.8 Å². The van der Waals surface area contributed by atoms with Crippen molar-refractivity contribution in [2.24, 2.45) is 4.99 Å². The highest BCUT2D eigenvalue weighted by Crippen LogP contribution is 2.18. The van der Waals surface area contributed by atoms with Crippen LogP contribution in [0.1, 0.15) is 38.7 Å². The highest BCUT2D eigenvalue weighted by Gasteiger charge is 2.23. The SMILES string of the molecule is CCCNC(=NCc1cccc(OCC(=O)NC2CC2)c1)NCC. The molecule has 24 heavy (non-hydrogen) atoms. The maximum atomic E-state index is 11.7. The number of hydrogen-bond acceptors (Lipinski definition) is 3. The molecule has 0 spiro atoms. The molecule has 1 fully saturated rings. The molecule has 0 heterocycles. The summed E-state index contributed by atoms with van der Waals surface area (Å²) >= 11 is 0. The van der Waals surface area contributed by atoms with Crippen molar-refractivity contribution in [1.82, 2.24) is 16.0 Å². The van der Waals surface area contributed by atoms with E-state index in [1.54, 1.807) is 0 Å². The van der Waals surface area contributed by atoms with Gasteiger partial charge in [-0.05, 0) is 43.9 Å². The number of guanidine groups is 1. The average molecular weight is 332 g/mol. The molecule has 0 radical (unpaired) electrons. The minimum absolute atomic E-state index is 0.0564. The Morgan fingerprint density at radius 1 is 1.29 bits per heavy atom. The second-order valence-electron chi connectivity index (χ2n) is 5.90. The zero-order valence-electron chi connectivity index (χ0n) is 14.6. The van der Waals surface area contributed by atoms with Crippen LogP contribution in [0, 0.1) is 0 Å². The van der Waals surface area contributed by atoms with Crippen LogP contribution in [-0.4, -0.2) is 37.6 Å². The van der Waals surface area contributed by atoms with Crippen molar-refractivity contribution in [3.8, 4) is 5.75 Å². The molecule has 0 aliphatic heterocycles. The summed E-state index contributed by atoms with van der Waals surface area (Å²) < 4.78 is 5.56. The molecule has 1 saturated carbocycles. The van der Waals surface area contributed by atoms with Gasteiger partial charge in [-0.3, -0.25) is 4.79 Å². The summed E-state index contributed by atoms with van der Waals surface area (Å²) in [7, 11) is 0. The van der Waals surface area contributed by atoms with E-state index in [9.17, 15) is 4.79 Å². The van der Waals surface area contributed by atoms with Crippen LogP contribution >= 0.6 is 0 Å². The van der Waals surface area contributed by atoms with Crippen molar-refractivity contribution in [2.75, 3.05) is 19.7 Å². The summed E-state index contributed by atoms with van der Waals surface area (Å²) in [4.78, 5) is 16.2. The van der Waals surface area contributed by atoms with E-state index in [0.29, 0.717) is 18.3 Å². The lowest BCUT2D eigenvalue weighted by molar-refractivity contribution is -0.123. The monoisotopic (exact) mass is 332 g/mol. The second-order valence-corrected chi connectivity index (χ2v) is 5.90. The predicted molar refractivity (Wildman–Crippen MR) is 96.2 cm³/mol. The molecule has 6 heteroatoms. The fourth-order valence-electron chi connectivity index (χ4n) is 2.14. The number of rotatable bonds is 9. The number of ether oxygens (including phenoxy) is 1. The maximum Gasteiger partial charge on any atom is 0.258 e. The second kappa shape index (κ2) is 9.80. The number of nitrogens with one attached hydrogen (secondary N) is 3. The quantitative estimate of drug-likeness (QED) is 0.476. The number of nitrogens with zero attached hydrogens (tertiary/aromatic N) is 1. The first kappa shape index (κ1) is 18.1. The fraction of sp³-hybridized carbons (Fsp3) is 0.556. The summed E-state index contributed by atoms with van der Waals surface area (Å²) in [5, 5.41) is 9.41. The molecule has 1 amide bonds. The Morgan fingerprint density at radius 2 is 2.12 bits per heavy atom.